The number of aryl methyl sites for hydroxylation is 1. The normalized spacial score (nSPS) is 10.9. The number of nitrogens with one attached hydrogen (secondary N) is 1. The fourth-order valence-electron chi connectivity index (χ4n) is 2.99. The highest BCUT2D eigenvalue weighted by Gasteiger charge is 2.18. The molecule has 158 valence electrons. The van der Waals surface area contributed by atoms with Crippen molar-refractivity contribution in [3.63, 3.8) is 0 Å². The number of fused-ring (bicyclic) bond motifs is 1. The van der Waals surface area contributed by atoms with Gasteiger partial charge in [-0.1, -0.05) is 29.4 Å². The largest absolute Gasteiger partial charge is 0.495 e. The maximum atomic E-state index is 13.4. The van der Waals surface area contributed by atoms with E-state index in [0.29, 0.717) is 37.7 Å². The molecule has 7 nitrogen and oxygen atoms in total. The molecular formula is C21H17ClN4O3S2. The summed E-state index contributed by atoms with van der Waals surface area (Å²) in [5.41, 5.74) is 1.70. The molecule has 10 heteroatoms. The predicted molar refractivity (Wildman–Crippen MR) is 125 cm³/mol. The highest BCUT2D eigenvalue weighted by molar-refractivity contribution is 7.99. The minimum atomic E-state index is -0.270. The Balaban J connectivity index is 1.80. The van der Waals surface area contributed by atoms with Gasteiger partial charge in [-0.15, -0.1) is 11.3 Å². The molecule has 4 aromatic rings. The molecule has 0 fully saturated rings. The second-order valence-corrected chi connectivity index (χ2v) is 8.82. The summed E-state index contributed by atoms with van der Waals surface area (Å²) in [7, 11) is 1.54. The number of aromatic nitrogens is 3. The van der Waals surface area contributed by atoms with Crippen molar-refractivity contribution in [1.29, 1.82) is 0 Å². The summed E-state index contributed by atoms with van der Waals surface area (Å²) in [4.78, 5) is 34.5. The molecule has 0 saturated carbocycles. The molecule has 0 aliphatic rings. The Morgan fingerprint density at radius 1 is 1.29 bits per heavy atom. The van der Waals surface area contributed by atoms with Gasteiger partial charge in [-0.05, 0) is 42.8 Å². The molecule has 0 aliphatic heterocycles. The third-order valence-electron chi connectivity index (χ3n) is 4.39. The molecule has 1 N–H and O–H groups in total. The van der Waals surface area contributed by atoms with E-state index in [1.165, 1.54) is 15.9 Å². The number of thiazole rings is 1. The Morgan fingerprint density at radius 3 is 2.87 bits per heavy atom. The van der Waals surface area contributed by atoms with Crippen LogP contribution in [0.3, 0.4) is 0 Å². The molecule has 4 rings (SSSR count). The van der Waals surface area contributed by atoms with Gasteiger partial charge in [0.25, 0.3) is 5.56 Å². The lowest BCUT2D eigenvalue weighted by molar-refractivity contribution is -0.113. The summed E-state index contributed by atoms with van der Waals surface area (Å²) in [6, 6.07) is 10.5. The molecule has 0 aliphatic carbocycles. The first-order valence-electron chi connectivity index (χ1n) is 9.16. The number of thioether (sulfide) groups is 1. The molecule has 0 bridgehead atoms. The van der Waals surface area contributed by atoms with Crippen LogP contribution in [0.4, 0.5) is 5.13 Å². The van der Waals surface area contributed by atoms with Crippen molar-refractivity contribution in [1.82, 2.24) is 14.5 Å². The van der Waals surface area contributed by atoms with Gasteiger partial charge in [-0.3, -0.25) is 14.2 Å². The second kappa shape index (κ2) is 9.09. The van der Waals surface area contributed by atoms with Gasteiger partial charge >= 0.3 is 0 Å². The number of carbonyl (C=O) groups excluding carboxylic acids is 1. The second-order valence-electron chi connectivity index (χ2n) is 6.55. The fraction of sp³-hybridized carbons (Fsp3) is 0.143. The summed E-state index contributed by atoms with van der Waals surface area (Å²) >= 11 is 8.59. The average Bonchev–Trinajstić information content (AvgIpc) is 3.25. The average molecular weight is 473 g/mol. The van der Waals surface area contributed by atoms with Gasteiger partial charge < -0.3 is 10.1 Å². The van der Waals surface area contributed by atoms with Gasteiger partial charge in [0.15, 0.2) is 10.3 Å². The minimum Gasteiger partial charge on any atom is -0.495 e. The van der Waals surface area contributed by atoms with Crippen molar-refractivity contribution < 1.29 is 9.53 Å². The lowest BCUT2D eigenvalue weighted by Gasteiger charge is -2.16. The van der Waals surface area contributed by atoms with Crippen molar-refractivity contribution in [3.8, 4) is 11.4 Å². The lowest BCUT2D eigenvalue weighted by Crippen LogP contribution is -2.23. The number of anilines is 1. The molecular weight excluding hydrogens is 456 g/mol. The van der Waals surface area contributed by atoms with Crippen molar-refractivity contribution in [2.24, 2.45) is 0 Å². The summed E-state index contributed by atoms with van der Waals surface area (Å²) in [5.74, 6) is 0.326. The van der Waals surface area contributed by atoms with Gasteiger partial charge in [-0.2, -0.15) is 0 Å². The Labute approximate surface area is 191 Å². The number of hydrogen-bond acceptors (Lipinski definition) is 7. The molecule has 0 saturated heterocycles. The number of methoxy groups -OCH3 is 1. The number of benzene rings is 2. The zero-order valence-corrected chi connectivity index (χ0v) is 19.0. The third kappa shape index (κ3) is 4.58. The molecule has 2 heterocycles. The van der Waals surface area contributed by atoms with Gasteiger partial charge in [0.05, 0.1) is 29.5 Å². The van der Waals surface area contributed by atoms with Gasteiger partial charge in [0, 0.05) is 16.6 Å². The van der Waals surface area contributed by atoms with Crippen LogP contribution in [0.15, 0.2) is 57.9 Å². The predicted octanol–water partition coefficient (Wildman–Crippen LogP) is 4.54. The minimum absolute atomic E-state index is 0.0478. The molecule has 0 unspecified atom stereocenters. The summed E-state index contributed by atoms with van der Waals surface area (Å²) < 4.78 is 6.96. The van der Waals surface area contributed by atoms with Crippen molar-refractivity contribution >= 4 is 56.6 Å². The quantitative estimate of drug-likeness (QED) is 0.327. The topological polar surface area (TPSA) is 86.1 Å². The molecule has 0 spiro atoms. The van der Waals surface area contributed by atoms with Crippen molar-refractivity contribution in [3.05, 3.63) is 68.9 Å². The fourth-order valence-corrected chi connectivity index (χ4v) is 4.51. The Kier molecular flexibility index (Phi) is 6.26. The first kappa shape index (κ1) is 21.4. The van der Waals surface area contributed by atoms with E-state index in [1.54, 1.807) is 43.0 Å². The molecule has 1 amide bonds. The molecule has 2 aromatic carbocycles. The summed E-state index contributed by atoms with van der Waals surface area (Å²) in [6.45, 7) is 1.93. The number of halogens is 1. The number of ether oxygens (including phenoxy) is 1. The zero-order chi connectivity index (χ0) is 22.0. The van der Waals surface area contributed by atoms with Crippen molar-refractivity contribution in [2.75, 3.05) is 18.2 Å². The van der Waals surface area contributed by atoms with E-state index in [1.807, 2.05) is 19.1 Å². The van der Waals surface area contributed by atoms with Crippen LogP contribution < -0.4 is 15.6 Å². The molecule has 0 atom stereocenters. The van der Waals surface area contributed by atoms with E-state index in [0.717, 1.165) is 17.3 Å². The number of rotatable bonds is 6. The molecule has 0 radical (unpaired) electrons. The van der Waals surface area contributed by atoms with Crippen molar-refractivity contribution in [2.45, 2.75) is 12.1 Å². The lowest BCUT2D eigenvalue weighted by atomic mass is 10.2. The van der Waals surface area contributed by atoms with Gasteiger partial charge in [0.1, 0.15) is 5.75 Å². The smallest absolute Gasteiger partial charge is 0.266 e. The summed E-state index contributed by atoms with van der Waals surface area (Å²) in [5, 5.41) is 6.28. The Hall–Kier alpha value is -2.88. The van der Waals surface area contributed by atoms with Crippen LogP contribution in [0.1, 0.15) is 5.56 Å². The van der Waals surface area contributed by atoms with E-state index in [2.05, 4.69) is 15.3 Å². The van der Waals surface area contributed by atoms with Gasteiger partial charge in [-0.25, -0.2) is 9.97 Å². The SMILES string of the molecule is COc1ccc(C)cc1-n1c(SCC(=O)Nc2nccs2)nc2cc(Cl)ccc2c1=O. The zero-order valence-electron chi connectivity index (χ0n) is 16.6. The molecule has 2 aromatic heterocycles. The van der Waals surface area contributed by atoms with E-state index in [-0.39, 0.29) is 17.2 Å². The Morgan fingerprint density at radius 2 is 2.13 bits per heavy atom. The summed E-state index contributed by atoms with van der Waals surface area (Å²) in [6.07, 6.45) is 1.61. The van der Waals surface area contributed by atoms with E-state index in [4.69, 9.17) is 16.3 Å². The first-order valence-corrected chi connectivity index (χ1v) is 11.4. The van der Waals surface area contributed by atoms with E-state index in [9.17, 15) is 9.59 Å². The maximum Gasteiger partial charge on any atom is 0.266 e. The van der Waals surface area contributed by atoms with Crippen LogP contribution in [0.25, 0.3) is 16.6 Å². The van der Waals surface area contributed by atoms with Crippen LogP contribution in [-0.2, 0) is 4.79 Å². The molecule has 31 heavy (non-hydrogen) atoms. The van der Waals surface area contributed by atoms with Crippen LogP contribution in [0.2, 0.25) is 5.02 Å². The number of nitrogens with zero attached hydrogens (tertiary/aromatic N) is 3. The van der Waals surface area contributed by atoms with Crippen LogP contribution in [-0.4, -0.2) is 33.3 Å². The van der Waals surface area contributed by atoms with Crippen LogP contribution in [0.5, 0.6) is 5.75 Å². The highest BCUT2D eigenvalue weighted by Crippen LogP contribution is 2.29. The van der Waals surface area contributed by atoms with Gasteiger partial charge in [0.2, 0.25) is 5.91 Å². The number of carbonyl (C=O) groups is 1. The first-order chi connectivity index (χ1) is 15.0. The van der Waals surface area contributed by atoms with E-state index >= 15 is 0 Å². The standard InChI is InChI=1S/C21H17ClN4O3S2/c1-12-3-6-17(29-2)16(9-12)26-19(28)14-5-4-13(22)10-15(14)24-21(26)31-11-18(27)25-20-23-7-8-30-20/h3-10H,11H2,1-2H3,(H,23,25,27). The number of amides is 1. The maximum absolute atomic E-state index is 13.4. The number of hydrogen-bond donors (Lipinski definition) is 1. The van der Waals surface area contributed by atoms with Crippen LogP contribution >= 0.6 is 34.7 Å². The third-order valence-corrected chi connectivity index (χ3v) is 6.25. The highest BCUT2D eigenvalue weighted by atomic mass is 35.5. The van der Waals surface area contributed by atoms with Crippen LogP contribution in [0, 0.1) is 6.92 Å². The van der Waals surface area contributed by atoms with E-state index < -0.39 is 0 Å². The monoisotopic (exact) mass is 472 g/mol. The Bertz CT molecular complexity index is 1320.